The van der Waals surface area contributed by atoms with Crippen molar-refractivity contribution in [3.8, 4) is 0 Å². The molecule has 1 aromatic rings. The summed E-state index contributed by atoms with van der Waals surface area (Å²) in [4.78, 5) is 13.3. The maximum atomic E-state index is 12.0. The van der Waals surface area contributed by atoms with Crippen molar-refractivity contribution in [1.29, 1.82) is 0 Å². The first-order valence-corrected chi connectivity index (χ1v) is 6.69. The topological polar surface area (TPSA) is 33.5 Å². The number of amides is 1. The molecule has 0 aromatic heterocycles. The number of hydrogen-bond acceptors (Lipinski definition) is 1. The Morgan fingerprint density at radius 1 is 1.11 bits per heavy atom. The van der Waals surface area contributed by atoms with Crippen LogP contribution >= 0.6 is 0 Å². The Hall–Kier alpha value is -1.35. The molecule has 1 aromatic carbocycles. The molecule has 1 amide bonds. The lowest BCUT2D eigenvalue weighted by Crippen LogP contribution is -3.12. The van der Waals surface area contributed by atoms with Crippen LogP contribution in [0.25, 0.3) is 0 Å². The van der Waals surface area contributed by atoms with Gasteiger partial charge in [-0.1, -0.05) is 17.7 Å². The molecule has 0 bridgehead atoms. The van der Waals surface area contributed by atoms with Gasteiger partial charge in [0, 0.05) is 5.69 Å². The predicted molar refractivity (Wildman–Crippen MR) is 76.2 cm³/mol. The van der Waals surface area contributed by atoms with E-state index in [1.807, 2.05) is 13.8 Å². The van der Waals surface area contributed by atoms with Gasteiger partial charge < -0.3 is 10.2 Å². The van der Waals surface area contributed by atoms with Gasteiger partial charge in [0.25, 0.3) is 5.91 Å². The van der Waals surface area contributed by atoms with E-state index in [0.29, 0.717) is 6.54 Å². The number of quaternary nitrogens is 1. The number of hydrogen-bond donors (Lipinski definition) is 2. The number of benzene rings is 1. The van der Waals surface area contributed by atoms with Crippen LogP contribution in [0.5, 0.6) is 0 Å². The predicted octanol–water partition coefficient (Wildman–Crippen LogP) is 1.48. The second-order valence-corrected chi connectivity index (χ2v) is 4.96. The van der Waals surface area contributed by atoms with Crippen LogP contribution in [0.3, 0.4) is 0 Å². The Bertz CT molecular complexity index is 399. The highest BCUT2D eigenvalue weighted by molar-refractivity contribution is 5.93. The van der Waals surface area contributed by atoms with Crippen molar-refractivity contribution < 1.29 is 9.69 Å². The summed E-state index contributed by atoms with van der Waals surface area (Å²) in [6.07, 6.45) is 0. The molecule has 2 N–H and O–H groups in total. The molecule has 18 heavy (non-hydrogen) atoms. The molecule has 0 fully saturated rings. The maximum Gasteiger partial charge on any atom is 0.279 e. The van der Waals surface area contributed by atoms with Crippen molar-refractivity contribution in [3.63, 3.8) is 0 Å². The lowest BCUT2D eigenvalue weighted by molar-refractivity contribution is -0.888. The second kappa shape index (κ2) is 6.55. The first kappa shape index (κ1) is 14.7. The smallest absolute Gasteiger partial charge is 0.279 e. The summed E-state index contributed by atoms with van der Waals surface area (Å²) in [5.74, 6) is 0.101. The van der Waals surface area contributed by atoms with Gasteiger partial charge in [-0.15, -0.1) is 0 Å². The Balaban J connectivity index is 2.76. The first-order chi connectivity index (χ1) is 8.47. The summed E-state index contributed by atoms with van der Waals surface area (Å²) in [7, 11) is 0. The minimum absolute atomic E-state index is 0.101. The van der Waals surface area contributed by atoms with Gasteiger partial charge in [-0.3, -0.25) is 4.79 Å². The number of anilines is 1. The van der Waals surface area contributed by atoms with Crippen molar-refractivity contribution in [2.45, 2.75) is 34.6 Å². The van der Waals surface area contributed by atoms with Crippen LogP contribution in [0.4, 0.5) is 5.69 Å². The van der Waals surface area contributed by atoms with Gasteiger partial charge in [-0.2, -0.15) is 0 Å². The van der Waals surface area contributed by atoms with Gasteiger partial charge in [0.05, 0.1) is 13.1 Å². The van der Waals surface area contributed by atoms with Crippen LogP contribution in [0.15, 0.2) is 12.1 Å². The molecule has 100 valence electrons. The molecule has 0 spiro atoms. The van der Waals surface area contributed by atoms with E-state index in [1.54, 1.807) is 0 Å². The van der Waals surface area contributed by atoms with Crippen LogP contribution in [-0.4, -0.2) is 25.5 Å². The third-order valence-electron chi connectivity index (χ3n) is 3.35. The Labute approximate surface area is 110 Å². The lowest BCUT2D eigenvalue weighted by Gasteiger charge is -2.17. The fourth-order valence-corrected chi connectivity index (χ4v) is 2.29. The number of carbonyl (C=O) groups excluding carboxylic acids is 1. The average molecular weight is 249 g/mol. The average Bonchev–Trinajstić information content (AvgIpc) is 2.30. The molecule has 3 nitrogen and oxygen atoms in total. The Kier molecular flexibility index (Phi) is 5.35. The molecule has 1 rings (SSSR count). The van der Waals surface area contributed by atoms with Gasteiger partial charge >= 0.3 is 0 Å². The quantitative estimate of drug-likeness (QED) is 0.814. The molecule has 0 heterocycles. The summed E-state index contributed by atoms with van der Waals surface area (Å²) in [5.41, 5.74) is 4.47. The standard InChI is InChI=1S/C15H24N2O/c1-6-17(7-2)10-14(18)16-15-12(4)8-11(3)9-13(15)5/h8-9H,6-7,10H2,1-5H3,(H,16,18)/p+1. The van der Waals surface area contributed by atoms with Crippen molar-refractivity contribution in [2.75, 3.05) is 25.0 Å². The van der Waals surface area contributed by atoms with Crippen LogP contribution in [0.2, 0.25) is 0 Å². The SMILES string of the molecule is CC[NH+](CC)CC(=O)Nc1c(C)cc(C)cc1C. The van der Waals surface area contributed by atoms with Crippen molar-refractivity contribution in [1.82, 2.24) is 0 Å². The van der Waals surface area contributed by atoms with E-state index in [4.69, 9.17) is 0 Å². The molecule has 0 saturated carbocycles. The molecule has 0 aliphatic rings. The fourth-order valence-electron chi connectivity index (χ4n) is 2.29. The van der Waals surface area contributed by atoms with Crippen molar-refractivity contribution in [2.24, 2.45) is 0 Å². The third kappa shape index (κ3) is 3.84. The lowest BCUT2D eigenvalue weighted by atomic mass is 10.1. The molecular weight excluding hydrogens is 224 g/mol. The number of carbonyl (C=O) groups is 1. The van der Waals surface area contributed by atoms with Gasteiger partial charge in [0.2, 0.25) is 0 Å². The van der Waals surface area contributed by atoms with E-state index < -0.39 is 0 Å². The second-order valence-electron chi connectivity index (χ2n) is 4.96. The maximum absolute atomic E-state index is 12.0. The van der Waals surface area contributed by atoms with E-state index in [2.05, 4.69) is 38.2 Å². The van der Waals surface area contributed by atoms with Gasteiger partial charge in [0.15, 0.2) is 6.54 Å². The monoisotopic (exact) mass is 249 g/mol. The van der Waals surface area contributed by atoms with Crippen LogP contribution in [0, 0.1) is 20.8 Å². The number of rotatable bonds is 5. The summed E-state index contributed by atoms with van der Waals surface area (Å²) in [6.45, 7) is 12.9. The summed E-state index contributed by atoms with van der Waals surface area (Å²) in [5, 5.41) is 3.05. The Morgan fingerprint density at radius 3 is 2.06 bits per heavy atom. The molecule has 0 aliphatic heterocycles. The van der Waals surface area contributed by atoms with Crippen LogP contribution < -0.4 is 10.2 Å². The van der Waals surface area contributed by atoms with Gasteiger partial charge in [-0.25, -0.2) is 0 Å². The van der Waals surface area contributed by atoms with E-state index in [0.717, 1.165) is 29.9 Å². The van der Waals surface area contributed by atoms with E-state index >= 15 is 0 Å². The molecule has 3 heteroatoms. The van der Waals surface area contributed by atoms with E-state index in [1.165, 1.54) is 10.5 Å². The van der Waals surface area contributed by atoms with Gasteiger partial charge in [0.1, 0.15) is 0 Å². The number of likely N-dealkylation sites (N-methyl/N-ethyl adjacent to an activating group) is 1. The Morgan fingerprint density at radius 2 is 1.61 bits per heavy atom. The number of aryl methyl sites for hydroxylation is 3. The molecule has 0 atom stereocenters. The first-order valence-electron chi connectivity index (χ1n) is 6.69. The molecule has 0 aliphatic carbocycles. The number of nitrogens with one attached hydrogen (secondary N) is 2. The third-order valence-corrected chi connectivity index (χ3v) is 3.35. The zero-order chi connectivity index (χ0) is 13.7. The minimum Gasteiger partial charge on any atom is -0.328 e. The molecule has 0 radical (unpaired) electrons. The van der Waals surface area contributed by atoms with Crippen molar-refractivity contribution >= 4 is 11.6 Å². The van der Waals surface area contributed by atoms with Crippen LogP contribution in [-0.2, 0) is 4.79 Å². The van der Waals surface area contributed by atoms with Gasteiger partial charge in [-0.05, 0) is 45.7 Å². The summed E-state index contributed by atoms with van der Waals surface area (Å²) in [6, 6.07) is 4.21. The van der Waals surface area contributed by atoms with Crippen molar-refractivity contribution in [3.05, 3.63) is 28.8 Å². The summed E-state index contributed by atoms with van der Waals surface area (Å²) < 4.78 is 0. The largest absolute Gasteiger partial charge is 0.328 e. The normalized spacial score (nSPS) is 10.8. The highest BCUT2D eigenvalue weighted by Crippen LogP contribution is 2.21. The zero-order valence-electron chi connectivity index (χ0n) is 12.2. The van der Waals surface area contributed by atoms with E-state index in [-0.39, 0.29) is 5.91 Å². The highest BCUT2D eigenvalue weighted by Gasteiger charge is 2.13. The van der Waals surface area contributed by atoms with E-state index in [9.17, 15) is 4.79 Å². The molecule has 0 saturated heterocycles. The summed E-state index contributed by atoms with van der Waals surface area (Å²) >= 11 is 0. The molecule has 0 unspecified atom stereocenters. The highest BCUT2D eigenvalue weighted by atomic mass is 16.2. The van der Waals surface area contributed by atoms with Crippen LogP contribution in [0.1, 0.15) is 30.5 Å². The fraction of sp³-hybridized carbons (Fsp3) is 0.533. The molecular formula is C15H25N2O+. The minimum atomic E-state index is 0.101. The zero-order valence-corrected chi connectivity index (χ0v) is 12.2.